The second kappa shape index (κ2) is 5.24. The lowest BCUT2D eigenvalue weighted by Gasteiger charge is -2.12. The molecule has 8 heteroatoms. The van der Waals surface area contributed by atoms with Crippen molar-refractivity contribution in [2.75, 3.05) is 0 Å². The maximum Gasteiger partial charge on any atom is 0.337 e. The highest BCUT2D eigenvalue weighted by Crippen LogP contribution is 2.22. The first-order chi connectivity index (χ1) is 10.6. The molecule has 0 unspecified atom stereocenters. The zero-order chi connectivity index (χ0) is 15.7. The van der Waals surface area contributed by atoms with Crippen LogP contribution in [0.3, 0.4) is 0 Å². The maximum atomic E-state index is 12.0. The Labute approximate surface area is 123 Å². The van der Waals surface area contributed by atoms with Gasteiger partial charge in [-0.15, -0.1) is 0 Å². The molecule has 1 aliphatic heterocycles. The number of imide groups is 1. The first-order valence-electron chi connectivity index (χ1n) is 6.29. The Morgan fingerprint density at radius 2 is 1.73 bits per heavy atom. The van der Waals surface area contributed by atoms with Crippen LogP contribution >= 0.6 is 0 Å². The van der Waals surface area contributed by atoms with Crippen LogP contribution in [0, 0.1) is 0 Å². The highest BCUT2D eigenvalue weighted by atomic mass is 16.7. The summed E-state index contributed by atoms with van der Waals surface area (Å²) in [5.74, 6) is -2.32. The molecular weight excluding hydrogens is 290 g/mol. The Bertz CT molecular complexity index is 807. The van der Waals surface area contributed by atoms with Crippen molar-refractivity contribution < 1.29 is 19.2 Å². The molecule has 0 bridgehead atoms. The summed E-state index contributed by atoms with van der Waals surface area (Å²) in [6.07, 6.45) is 0.928. The number of benzene rings is 1. The van der Waals surface area contributed by atoms with Crippen LogP contribution in [0.4, 0.5) is 0 Å². The lowest BCUT2D eigenvalue weighted by molar-refractivity contribution is -0.167. The number of hydrogen-bond acceptors (Lipinski definition) is 6. The van der Waals surface area contributed by atoms with Gasteiger partial charge in [-0.1, -0.05) is 17.2 Å². The van der Waals surface area contributed by atoms with E-state index in [2.05, 4.69) is 10.2 Å². The summed E-state index contributed by atoms with van der Waals surface area (Å²) in [5, 5.41) is 6.07. The predicted octanol–water partition coefficient (Wildman–Crippen LogP) is 0.0668. The standard InChI is InChI=1S/C14H9N3O5/c18-11(7-8-5-6-15-16-12(8)19)22-17-13(20)9-3-1-2-4-10(9)14(17)21/h1-6H,7H2,(H,16,19). The number of carbonyl (C=O) groups excluding carboxylic acids is 3. The number of nitrogens with zero attached hydrogens (tertiary/aromatic N) is 2. The van der Waals surface area contributed by atoms with Gasteiger partial charge in [-0.05, 0) is 18.2 Å². The third-order valence-corrected chi connectivity index (χ3v) is 3.09. The van der Waals surface area contributed by atoms with Crippen molar-refractivity contribution in [3.05, 3.63) is 63.6 Å². The van der Waals surface area contributed by atoms with Gasteiger partial charge in [-0.25, -0.2) is 9.89 Å². The Hall–Kier alpha value is -3.29. The zero-order valence-electron chi connectivity index (χ0n) is 11.1. The number of hydrogen-bond donors (Lipinski definition) is 1. The van der Waals surface area contributed by atoms with Gasteiger partial charge >= 0.3 is 5.97 Å². The van der Waals surface area contributed by atoms with Crippen molar-refractivity contribution in [1.82, 2.24) is 15.3 Å². The molecule has 0 atom stereocenters. The van der Waals surface area contributed by atoms with Crippen molar-refractivity contribution in [2.45, 2.75) is 6.42 Å². The molecule has 0 saturated carbocycles. The third kappa shape index (κ3) is 2.26. The molecule has 0 saturated heterocycles. The third-order valence-electron chi connectivity index (χ3n) is 3.09. The number of hydroxylamine groups is 2. The average molecular weight is 299 g/mol. The fourth-order valence-corrected chi connectivity index (χ4v) is 2.05. The minimum absolute atomic E-state index is 0.122. The number of rotatable bonds is 3. The fraction of sp³-hybridized carbons (Fsp3) is 0.0714. The zero-order valence-corrected chi connectivity index (χ0v) is 11.1. The molecule has 0 fully saturated rings. The van der Waals surface area contributed by atoms with Gasteiger partial charge in [0, 0.05) is 11.8 Å². The highest BCUT2D eigenvalue weighted by molar-refractivity contribution is 6.20. The largest absolute Gasteiger partial charge is 0.337 e. The summed E-state index contributed by atoms with van der Waals surface area (Å²) >= 11 is 0. The van der Waals surface area contributed by atoms with E-state index in [1.807, 2.05) is 0 Å². The maximum absolute atomic E-state index is 12.0. The van der Waals surface area contributed by atoms with E-state index in [1.165, 1.54) is 24.4 Å². The van der Waals surface area contributed by atoms with E-state index in [4.69, 9.17) is 4.84 Å². The minimum Gasteiger partial charge on any atom is -0.329 e. The van der Waals surface area contributed by atoms with Gasteiger partial charge in [0.15, 0.2) is 0 Å². The summed E-state index contributed by atoms with van der Waals surface area (Å²) in [4.78, 5) is 52.1. The molecule has 110 valence electrons. The number of H-pyrrole nitrogens is 1. The number of amides is 2. The molecule has 0 aliphatic carbocycles. The normalized spacial score (nSPS) is 13.2. The first kappa shape index (κ1) is 13.7. The van der Waals surface area contributed by atoms with Gasteiger partial charge in [-0.2, -0.15) is 5.10 Å². The van der Waals surface area contributed by atoms with E-state index < -0.39 is 23.3 Å². The molecule has 3 rings (SSSR count). The first-order valence-corrected chi connectivity index (χ1v) is 6.29. The van der Waals surface area contributed by atoms with Crippen LogP contribution in [0.5, 0.6) is 0 Å². The van der Waals surface area contributed by atoms with Crippen LogP contribution in [-0.4, -0.2) is 33.0 Å². The number of aromatic nitrogens is 2. The summed E-state index contributed by atoms with van der Waals surface area (Å²) in [6.45, 7) is 0. The molecule has 1 N–H and O–H groups in total. The van der Waals surface area contributed by atoms with E-state index in [-0.39, 0.29) is 23.1 Å². The molecule has 2 aromatic rings. The van der Waals surface area contributed by atoms with Crippen molar-refractivity contribution in [3.63, 3.8) is 0 Å². The summed E-state index contributed by atoms with van der Waals surface area (Å²) in [5.41, 5.74) is -0.0810. The molecule has 0 radical (unpaired) electrons. The topological polar surface area (TPSA) is 109 Å². The summed E-state index contributed by atoms with van der Waals surface area (Å²) in [6, 6.07) is 7.49. The quantitative estimate of drug-likeness (QED) is 0.803. The van der Waals surface area contributed by atoms with Crippen LogP contribution in [0.1, 0.15) is 26.3 Å². The predicted molar refractivity (Wildman–Crippen MR) is 71.6 cm³/mol. The molecule has 1 aliphatic rings. The van der Waals surface area contributed by atoms with Crippen LogP contribution in [0.2, 0.25) is 0 Å². The van der Waals surface area contributed by atoms with Gasteiger partial charge in [0.2, 0.25) is 0 Å². The summed E-state index contributed by atoms with van der Waals surface area (Å²) in [7, 11) is 0. The van der Waals surface area contributed by atoms with Gasteiger partial charge < -0.3 is 4.84 Å². The van der Waals surface area contributed by atoms with E-state index in [0.29, 0.717) is 5.06 Å². The lowest BCUT2D eigenvalue weighted by Crippen LogP contribution is -2.33. The van der Waals surface area contributed by atoms with Crippen LogP contribution in [0.15, 0.2) is 41.3 Å². The van der Waals surface area contributed by atoms with Crippen molar-refractivity contribution in [2.24, 2.45) is 0 Å². The molecule has 1 aromatic heterocycles. The number of aromatic amines is 1. The summed E-state index contributed by atoms with van der Waals surface area (Å²) < 4.78 is 0. The highest BCUT2D eigenvalue weighted by Gasteiger charge is 2.38. The molecule has 0 spiro atoms. The molecule has 8 nitrogen and oxygen atoms in total. The molecule has 1 aromatic carbocycles. The van der Waals surface area contributed by atoms with E-state index in [1.54, 1.807) is 12.1 Å². The number of nitrogens with one attached hydrogen (secondary N) is 1. The minimum atomic E-state index is -0.897. The van der Waals surface area contributed by atoms with Crippen molar-refractivity contribution in [1.29, 1.82) is 0 Å². The smallest absolute Gasteiger partial charge is 0.329 e. The second-order valence-electron chi connectivity index (χ2n) is 4.50. The van der Waals surface area contributed by atoms with Gasteiger partial charge in [0.25, 0.3) is 17.4 Å². The molecule has 22 heavy (non-hydrogen) atoms. The fourth-order valence-electron chi connectivity index (χ4n) is 2.05. The van der Waals surface area contributed by atoms with Crippen molar-refractivity contribution in [3.8, 4) is 0 Å². The number of carbonyl (C=O) groups is 3. The Kier molecular flexibility index (Phi) is 3.26. The monoisotopic (exact) mass is 299 g/mol. The van der Waals surface area contributed by atoms with Crippen LogP contribution in [-0.2, 0) is 16.1 Å². The van der Waals surface area contributed by atoms with E-state index >= 15 is 0 Å². The molecule has 2 amide bonds. The van der Waals surface area contributed by atoms with Crippen LogP contribution < -0.4 is 5.56 Å². The van der Waals surface area contributed by atoms with Crippen LogP contribution in [0.25, 0.3) is 0 Å². The average Bonchev–Trinajstić information content (AvgIpc) is 2.75. The second-order valence-corrected chi connectivity index (χ2v) is 4.50. The Balaban J connectivity index is 1.76. The Morgan fingerprint density at radius 3 is 2.32 bits per heavy atom. The molecular formula is C14H9N3O5. The van der Waals surface area contributed by atoms with Gasteiger partial charge in [0.05, 0.1) is 17.5 Å². The van der Waals surface area contributed by atoms with E-state index in [9.17, 15) is 19.2 Å². The lowest BCUT2D eigenvalue weighted by atomic mass is 10.1. The SMILES string of the molecule is O=C(Cc1ccn[nH]c1=O)ON1C(=O)c2ccccc2C1=O. The van der Waals surface area contributed by atoms with Gasteiger partial charge in [-0.3, -0.25) is 14.4 Å². The molecule has 2 heterocycles. The Morgan fingerprint density at radius 1 is 1.09 bits per heavy atom. The van der Waals surface area contributed by atoms with Crippen molar-refractivity contribution >= 4 is 17.8 Å². The number of fused-ring (bicyclic) bond motifs is 1. The van der Waals surface area contributed by atoms with Gasteiger partial charge in [0.1, 0.15) is 0 Å². The van der Waals surface area contributed by atoms with E-state index in [0.717, 1.165) is 0 Å².